The van der Waals surface area contributed by atoms with Crippen LogP contribution in [0.2, 0.25) is 0 Å². The average Bonchev–Trinajstić information content (AvgIpc) is 3.39. The van der Waals surface area contributed by atoms with E-state index in [4.69, 9.17) is 32.7 Å². The molecule has 0 aliphatic heterocycles. The maximum atomic E-state index is 17.5. The number of halogens is 3. The number of rotatable bonds is 12. The number of hydrogen-bond donors (Lipinski definition) is 4. The average molecular weight is 846 g/mol. The Morgan fingerprint density at radius 1 is 1.02 bits per heavy atom. The van der Waals surface area contributed by atoms with Crippen molar-refractivity contribution in [1.82, 2.24) is 5.32 Å². The Bertz CT molecular complexity index is 2080. The highest BCUT2D eigenvalue weighted by atomic mass is 35.5. The van der Waals surface area contributed by atoms with Gasteiger partial charge in [-0.1, -0.05) is 48.7 Å². The summed E-state index contributed by atoms with van der Waals surface area (Å²) in [6.07, 6.45) is 1.98. The van der Waals surface area contributed by atoms with Crippen LogP contribution in [0.15, 0.2) is 72.3 Å². The van der Waals surface area contributed by atoms with E-state index in [0.29, 0.717) is 18.4 Å². The van der Waals surface area contributed by atoms with Crippen LogP contribution in [0.3, 0.4) is 0 Å². The molecule has 0 aromatic heterocycles. The van der Waals surface area contributed by atoms with E-state index in [9.17, 15) is 49.4 Å². The zero-order valence-corrected chi connectivity index (χ0v) is 33.2. The molecule has 14 nitrogen and oxygen atoms in total. The van der Waals surface area contributed by atoms with Crippen molar-refractivity contribution in [2.75, 3.05) is 13.2 Å². The fourth-order valence-electron chi connectivity index (χ4n) is 9.94. The molecule has 4 aliphatic carbocycles. The van der Waals surface area contributed by atoms with Crippen molar-refractivity contribution in [1.29, 1.82) is 0 Å². The van der Waals surface area contributed by atoms with Gasteiger partial charge < -0.3 is 30.1 Å². The number of fused-ring (bicyclic) bond motifs is 5. The number of carbonyl (C=O) groups is 5. The second-order valence-corrected chi connectivity index (χ2v) is 17.1. The van der Waals surface area contributed by atoms with Gasteiger partial charge in [0.25, 0.3) is 11.6 Å². The minimum absolute atomic E-state index is 0.0440. The van der Waals surface area contributed by atoms with E-state index in [1.807, 2.05) is 0 Å². The third-order valence-electron chi connectivity index (χ3n) is 13.1. The Morgan fingerprint density at radius 3 is 2.21 bits per heavy atom. The molecule has 0 unspecified atom stereocenters. The number of amides is 1. The molecule has 0 radical (unpaired) electrons. The highest BCUT2D eigenvalue weighted by molar-refractivity contribution is 6.53. The van der Waals surface area contributed by atoms with E-state index in [1.54, 1.807) is 20.8 Å². The van der Waals surface area contributed by atoms with Gasteiger partial charge in [-0.2, -0.15) is 0 Å². The van der Waals surface area contributed by atoms with Crippen LogP contribution in [-0.4, -0.2) is 91.1 Å². The molecule has 0 spiro atoms. The topological polar surface area (TPSA) is 220 Å². The predicted octanol–water partition coefficient (Wildman–Crippen LogP) is 4.85. The van der Waals surface area contributed by atoms with Gasteiger partial charge in [0.2, 0.25) is 5.78 Å². The largest absolute Gasteiger partial charge is 0.460 e. The van der Waals surface area contributed by atoms with Gasteiger partial charge in [-0.3, -0.25) is 24.5 Å². The molecule has 0 bridgehead atoms. The monoisotopic (exact) mass is 844 g/mol. The number of aliphatic hydroxyl groups is 3. The summed E-state index contributed by atoms with van der Waals surface area (Å²) in [5.74, 6) is -5.71. The van der Waals surface area contributed by atoms with E-state index in [-0.39, 0.29) is 41.0 Å². The Kier molecular flexibility index (Phi) is 11.8. The van der Waals surface area contributed by atoms with E-state index in [1.165, 1.54) is 54.6 Å². The molecule has 2 aromatic carbocycles. The number of nitro groups is 1. The second-order valence-electron chi connectivity index (χ2n) is 16.1. The van der Waals surface area contributed by atoms with E-state index >= 15 is 4.39 Å². The number of nitro benzene ring substituents is 1. The fraction of sp³-hybridized carbons (Fsp3) is 0.488. The summed E-state index contributed by atoms with van der Waals surface area (Å²) in [6.45, 7) is 3.63. The number of aliphatic hydroxyl groups excluding tert-OH is 2. The lowest BCUT2D eigenvalue weighted by Crippen LogP contribution is -2.69. The lowest BCUT2D eigenvalue weighted by Gasteiger charge is -2.62. The number of non-ortho nitro benzene ring substituents is 1. The molecule has 1 amide bonds. The first-order valence-electron chi connectivity index (χ1n) is 18.7. The zero-order valence-electron chi connectivity index (χ0n) is 31.7. The van der Waals surface area contributed by atoms with Crippen molar-refractivity contribution in [3.8, 4) is 0 Å². The molecule has 4 aliphatic rings. The molecular formula is C41H43Cl2FN2O12. The minimum atomic E-state index is -2.15. The number of nitrogens with zero attached hydrogens (tertiary/aromatic N) is 1. The standard InChI is InChI=1S/C41H43Cl2FN2O12/c1-21-16-29-28-13-10-25-17-27(47)14-15-38(25,2)40(28,44)31(48)18-39(29,3)41(21,54)32(49)20-58-37(53)24-6-4-23(5-7-24)36(52)57-19-30(45-35(51)34(42)43)33(50)22-8-11-26(12-9-22)46(55)56/h4-9,11-12,14-15,17,21,28-31,33-34,48,50,54H,10,13,16,18-20H2,1-3H3,(H,45,51)/t21-,28+,29+,30-,31+,33-,38+,39+,40+,41+/m1/s1. The second kappa shape index (κ2) is 15.9. The van der Waals surface area contributed by atoms with E-state index in [0.717, 1.165) is 12.1 Å². The number of alkyl halides is 3. The Hall–Kier alpha value is -4.54. The number of hydrogen-bond acceptors (Lipinski definition) is 12. The quantitative estimate of drug-likeness (QED) is 0.0976. The van der Waals surface area contributed by atoms with Crippen LogP contribution in [0.1, 0.15) is 78.8 Å². The SMILES string of the molecule is C[C@@H]1C[C@H]2[C@@H]3CCC4=CC(=O)C=C[C@]4(C)[C@@]3(F)[C@@H](O)C[C@]2(C)[C@@]1(O)C(=O)COC(=O)c1ccc(C(=O)OC[C@@H](NC(=O)C(Cl)Cl)[C@H](O)c2ccc([N+](=O)[O-])cc2)cc1. The van der Waals surface area contributed by atoms with Crippen molar-refractivity contribution < 1.29 is 58.1 Å². The van der Waals surface area contributed by atoms with Crippen LogP contribution in [0, 0.1) is 38.7 Å². The molecule has 2 aromatic rings. The molecule has 17 heteroatoms. The molecule has 0 saturated heterocycles. The van der Waals surface area contributed by atoms with Gasteiger partial charge in [0.15, 0.2) is 22.9 Å². The zero-order chi connectivity index (χ0) is 42.5. The molecule has 0 heterocycles. The van der Waals surface area contributed by atoms with Crippen molar-refractivity contribution >= 4 is 58.3 Å². The van der Waals surface area contributed by atoms with Gasteiger partial charge in [0, 0.05) is 28.9 Å². The molecule has 310 valence electrons. The molecule has 3 fully saturated rings. The number of ether oxygens (including phenoxy) is 2. The van der Waals surface area contributed by atoms with Gasteiger partial charge in [0.1, 0.15) is 18.3 Å². The van der Waals surface area contributed by atoms with Crippen LogP contribution < -0.4 is 5.32 Å². The fourth-order valence-corrected chi connectivity index (χ4v) is 10.1. The van der Waals surface area contributed by atoms with E-state index in [2.05, 4.69) is 5.32 Å². The van der Waals surface area contributed by atoms with Crippen molar-refractivity contribution in [3.63, 3.8) is 0 Å². The number of Topliss-reactive ketones (excluding diaryl/α,β-unsaturated/α-hetero) is 1. The first kappa shape index (κ1) is 43.0. The van der Waals surface area contributed by atoms with Gasteiger partial charge in [-0.15, -0.1) is 0 Å². The normalized spacial score (nSPS) is 32.2. The Labute approximate surface area is 342 Å². The van der Waals surface area contributed by atoms with E-state index < -0.39 is 105 Å². The maximum absolute atomic E-state index is 17.5. The highest BCUT2D eigenvalue weighted by Gasteiger charge is 2.75. The molecule has 58 heavy (non-hydrogen) atoms. The van der Waals surface area contributed by atoms with Crippen molar-refractivity contribution in [2.45, 2.75) is 80.8 Å². The predicted molar refractivity (Wildman–Crippen MR) is 205 cm³/mol. The van der Waals surface area contributed by atoms with Crippen LogP contribution in [0.25, 0.3) is 0 Å². The van der Waals surface area contributed by atoms with Gasteiger partial charge >= 0.3 is 11.9 Å². The summed E-state index contributed by atoms with van der Waals surface area (Å²) in [6, 6.07) is 8.48. The smallest absolute Gasteiger partial charge is 0.338 e. The molecular weight excluding hydrogens is 802 g/mol. The Balaban J connectivity index is 1.09. The number of benzene rings is 2. The number of carbonyl (C=O) groups excluding carboxylic acids is 5. The van der Waals surface area contributed by atoms with Gasteiger partial charge in [0.05, 0.1) is 28.2 Å². The summed E-state index contributed by atoms with van der Waals surface area (Å²) >= 11 is 11.3. The number of esters is 2. The van der Waals surface area contributed by atoms with Crippen molar-refractivity contribution in [2.24, 2.45) is 28.6 Å². The summed E-state index contributed by atoms with van der Waals surface area (Å²) < 4.78 is 28.1. The van der Waals surface area contributed by atoms with Gasteiger partial charge in [-0.25, -0.2) is 14.0 Å². The lowest BCUT2D eigenvalue weighted by molar-refractivity contribution is -0.384. The maximum Gasteiger partial charge on any atom is 0.338 e. The first-order chi connectivity index (χ1) is 27.2. The van der Waals surface area contributed by atoms with Crippen LogP contribution in [0.4, 0.5) is 10.1 Å². The molecule has 6 rings (SSSR count). The number of allylic oxidation sites excluding steroid dienone is 4. The number of ketones is 2. The molecule has 3 saturated carbocycles. The molecule has 10 atom stereocenters. The Morgan fingerprint density at radius 2 is 1.62 bits per heavy atom. The lowest BCUT2D eigenvalue weighted by atomic mass is 9.44. The van der Waals surface area contributed by atoms with Crippen LogP contribution >= 0.6 is 23.2 Å². The summed E-state index contributed by atoms with van der Waals surface area (Å²) in [4.78, 5) is 73.2. The number of nitrogens with one attached hydrogen (secondary N) is 1. The minimum Gasteiger partial charge on any atom is -0.460 e. The molecule has 4 N–H and O–H groups in total. The third kappa shape index (κ3) is 7.14. The van der Waals surface area contributed by atoms with Gasteiger partial charge in [-0.05, 0) is 98.6 Å². The van der Waals surface area contributed by atoms with Crippen molar-refractivity contribution in [3.05, 3.63) is 99.1 Å². The first-order valence-corrected chi connectivity index (χ1v) is 19.6. The van der Waals surface area contributed by atoms with Crippen LogP contribution in [-0.2, 0) is 23.9 Å². The van der Waals surface area contributed by atoms with Crippen LogP contribution in [0.5, 0.6) is 0 Å². The summed E-state index contributed by atoms with van der Waals surface area (Å²) in [7, 11) is 0. The summed E-state index contributed by atoms with van der Waals surface area (Å²) in [5, 5.41) is 48.1. The summed E-state index contributed by atoms with van der Waals surface area (Å²) in [5.41, 5.74) is -6.29. The third-order valence-corrected chi connectivity index (χ3v) is 13.5. The highest BCUT2D eigenvalue weighted by Crippen LogP contribution is 2.70.